The molecule has 1 aromatic heterocycles. The third kappa shape index (κ3) is 4.65. The summed E-state index contributed by atoms with van der Waals surface area (Å²) >= 11 is 0. The highest BCUT2D eigenvalue weighted by Crippen LogP contribution is 2.31. The molecule has 0 spiro atoms. The number of aromatic nitrogens is 2. The Labute approximate surface area is 164 Å². The van der Waals surface area contributed by atoms with Crippen molar-refractivity contribution in [3.63, 3.8) is 0 Å². The SMILES string of the molecule is CS(=O)(=O)c1nccn1-c1cccc(C(=O)NCc2ccccc2C(F)(F)F)c1. The maximum Gasteiger partial charge on any atom is 0.416 e. The molecule has 29 heavy (non-hydrogen) atoms. The molecule has 1 N–H and O–H groups in total. The molecular weight excluding hydrogens is 407 g/mol. The molecule has 10 heteroatoms. The summed E-state index contributed by atoms with van der Waals surface area (Å²) in [5.41, 5.74) is -0.324. The van der Waals surface area contributed by atoms with Crippen molar-refractivity contribution in [1.82, 2.24) is 14.9 Å². The zero-order valence-electron chi connectivity index (χ0n) is 15.1. The van der Waals surface area contributed by atoms with Gasteiger partial charge in [0.2, 0.25) is 15.0 Å². The van der Waals surface area contributed by atoms with Gasteiger partial charge in [-0.05, 0) is 29.8 Å². The molecule has 0 radical (unpaired) electrons. The number of sulfone groups is 1. The van der Waals surface area contributed by atoms with Crippen LogP contribution in [0.5, 0.6) is 0 Å². The van der Waals surface area contributed by atoms with E-state index >= 15 is 0 Å². The summed E-state index contributed by atoms with van der Waals surface area (Å²) in [5.74, 6) is -0.593. The maximum absolute atomic E-state index is 13.1. The molecular formula is C19H16F3N3O3S. The summed E-state index contributed by atoms with van der Waals surface area (Å²) < 4.78 is 64.2. The van der Waals surface area contributed by atoms with Crippen molar-refractivity contribution in [2.45, 2.75) is 17.9 Å². The Hall–Kier alpha value is -3.14. The number of rotatable bonds is 5. The molecule has 6 nitrogen and oxygen atoms in total. The van der Waals surface area contributed by atoms with Gasteiger partial charge in [0.05, 0.1) is 5.56 Å². The lowest BCUT2D eigenvalue weighted by atomic mass is 10.1. The summed E-state index contributed by atoms with van der Waals surface area (Å²) in [6.45, 7) is -0.307. The van der Waals surface area contributed by atoms with Crippen LogP contribution in [0, 0.1) is 0 Å². The van der Waals surface area contributed by atoms with Gasteiger partial charge in [0.25, 0.3) is 5.91 Å². The molecule has 0 unspecified atom stereocenters. The molecule has 3 rings (SSSR count). The highest BCUT2D eigenvalue weighted by atomic mass is 32.2. The number of hydrogen-bond acceptors (Lipinski definition) is 4. The van der Waals surface area contributed by atoms with Crippen LogP contribution in [0.25, 0.3) is 5.69 Å². The Bertz CT molecular complexity index is 1150. The number of carbonyl (C=O) groups excluding carboxylic acids is 1. The van der Waals surface area contributed by atoms with Crippen molar-refractivity contribution in [2.75, 3.05) is 6.26 Å². The minimum absolute atomic E-state index is 0.0570. The first-order chi connectivity index (χ1) is 13.6. The number of alkyl halides is 3. The number of hydrogen-bond donors (Lipinski definition) is 1. The fourth-order valence-electron chi connectivity index (χ4n) is 2.79. The molecule has 0 atom stereocenters. The first-order valence-corrected chi connectivity index (χ1v) is 10.2. The van der Waals surface area contributed by atoms with Gasteiger partial charge in [-0.3, -0.25) is 9.36 Å². The van der Waals surface area contributed by atoms with Crippen molar-refractivity contribution in [3.8, 4) is 5.69 Å². The fraction of sp³-hybridized carbons (Fsp3) is 0.158. The summed E-state index contributed by atoms with van der Waals surface area (Å²) in [5, 5.41) is 2.28. The van der Waals surface area contributed by atoms with Crippen LogP contribution in [0.2, 0.25) is 0 Å². The van der Waals surface area contributed by atoms with Crippen molar-refractivity contribution in [1.29, 1.82) is 0 Å². The van der Waals surface area contributed by atoms with Crippen LogP contribution in [0.4, 0.5) is 13.2 Å². The van der Waals surface area contributed by atoms with Gasteiger partial charge in [-0.1, -0.05) is 24.3 Å². The molecule has 0 aliphatic carbocycles. The van der Waals surface area contributed by atoms with Crippen molar-refractivity contribution in [3.05, 3.63) is 77.6 Å². The zero-order valence-corrected chi connectivity index (χ0v) is 16.0. The number of benzene rings is 2. The monoisotopic (exact) mass is 423 g/mol. The van der Waals surface area contributed by atoms with E-state index in [-0.39, 0.29) is 22.8 Å². The minimum Gasteiger partial charge on any atom is -0.348 e. The largest absolute Gasteiger partial charge is 0.416 e. The summed E-state index contributed by atoms with van der Waals surface area (Å²) in [6, 6.07) is 11.0. The molecule has 2 aromatic carbocycles. The van der Waals surface area contributed by atoms with Crippen molar-refractivity contribution in [2.24, 2.45) is 0 Å². The van der Waals surface area contributed by atoms with Gasteiger partial charge < -0.3 is 5.32 Å². The smallest absolute Gasteiger partial charge is 0.348 e. The van der Waals surface area contributed by atoms with E-state index in [1.54, 1.807) is 12.1 Å². The molecule has 0 bridgehead atoms. The molecule has 0 saturated heterocycles. The highest BCUT2D eigenvalue weighted by molar-refractivity contribution is 7.90. The highest BCUT2D eigenvalue weighted by Gasteiger charge is 2.32. The number of nitrogens with one attached hydrogen (secondary N) is 1. The fourth-order valence-corrected chi connectivity index (χ4v) is 3.56. The minimum atomic E-state index is -4.52. The Balaban J connectivity index is 1.83. The van der Waals surface area contributed by atoms with Crippen molar-refractivity contribution < 1.29 is 26.4 Å². The van der Waals surface area contributed by atoms with Gasteiger partial charge in [0.1, 0.15) is 0 Å². The molecule has 1 amide bonds. The van der Waals surface area contributed by atoms with Gasteiger partial charge in [0, 0.05) is 36.4 Å². The van der Waals surface area contributed by atoms with E-state index in [0.29, 0.717) is 5.69 Å². The lowest BCUT2D eigenvalue weighted by Gasteiger charge is -2.13. The van der Waals surface area contributed by atoms with E-state index in [2.05, 4.69) is 10.3 Å². The molecule has 152 valence electrons. The second-order valence-corrected chi connectivity index (χ2v) is 8.15. The standard InChI is InChI=1S/C19H16F3N3O3S/c1-29(27,28)18-23-9-10-25(18)15-7-4-6-13(11-15)17(26)24-12-14-5-2-3-8-16(14)19(20,21)22/h2-11H,12H2,1H3,(H,24,26). The van der Waals surface area contributed by atoms with Crippen LogP contribution in [0.3, 0.4) is 0 Å². The molecule has 0 aliphatic heterocycles. The van der Waals surface area contributed by atoms with E-state index in [0.717, 1.165) is 12.3 Å². The van der Waals surface area contributed by atoms with Crippen LogP contribution in [-0.4, -0.2) is 30.1 Å². The van der Waals surface area contributed by atoms with Crippen LogP contribution in [-0.2, 0) is 22.6 Å². The van der Waals surface area contributed by atoms with E-state index in [9.17, 15) is 26.4 Å². The molecule has 0 saturated carbocycles. The molecule has 3 aromatic rings. The second-order valence-electron chi connectivity index (χ2n) is 6.24. The average molecular weight is 423 g/mol. The zero-order chi connectivity index (χ0) is 21.2. The number of halogens is 3. The number of carbonyl (C=O) groups is 1. The van der Waals surface area contributed by atoms with E-state index in [1.165, 1.54) is 47.3 Å². The number of nitrogens with zero attached hydrogens (tertiary/aromatic N) is 2. The maximum atomic E-state index is 13.1. The van der Waals surface area contributed by atoms with Crippen LogP contribution in [0.15, 0.2) is 66.1 Å². The van der Waals surface area contributed by atoms with Crippen LogP contribution >= 0.6 is 0 Å². The summed E-state index contributed by atoms with van der Waals surface area (Å²) in [7, 11) is -3.59. The Morgan fingerprint density at radius 1 is 1.14 bits per heavy atom. The molecule has 0 aliphatic rings. The Kier molecular flexibility index (Phi) is 5.47. The van der Waals surface area contributed by atoms with Gasteiger partial charge in [-0.25, -0.2) is 13.4 Å². The second kappa shape index (κ2) is 7.70. The molecule has 0 fully saturated rings. The first-order valence-electron chi connectivity index (χ1n) is 8.34. The van der Waals surface area contributed by atoms with Gasteiger partial charge in [0.15, 0.2) is 0 Å². The third-order valence-electron chi connectivity index (χ3n) is 4.09. The Morgan fingerprint density at radius 2 is 1.86 bits per heavy atom. The van der Waals surface area contributed by atoms with Gasteiger partial charge >= 0.3 is 6.18 Å². The van der Waals surface area contributed by atoms with Gasteiger partial charge in [-0.15, -0.1) is 0 Å². The quantitative estimate of drug-likeness (QED) is 0.683. The first kappa shape index (κ1) is 20.6. The third-order valence-corrected chi connectivity index (χ3v) is 5.05. The normalized spacial score (nSPS) is 12.0. The van der Waals surface area contributed by atoms with E-state index in [4.69, 9.17) is 0 Å². The van der Waals surface area contributed by atoms with E-state index < -0.39 is 27.5 Å². The number of imidazole rings is 1. The van der Waals surface area contributed by atoms with Crippen molar-refractivity contribution >= 4 is 15.7 Å². The molecule has 1 heterocycles. The predicted octanol–water partition coefficient (Wildman–Crippen LogP) is 3.22. The lowest BCUT2D eigenvalue weighted by Crippen LogP contribution is -2.24. The Morgan fingerprint density at radius 3 is 2.55 bits per heavy atom. The van der Waals surface area contributed by atoms with Crippen LogP contribution in [0.1, 0.15) is 21.5 Å². The predicted molar refractivity (Wildman–Crippen MR) is 99.3 cm³/mol. The van der Waals surface area contributed by atoms with Gasteiger partial charge in [-0.2, -0.15) is 13.2 Å². The number of amides is 1. The topological polar surface area (TPSA) is 81.1 Å². The summed E-state index contributed by atoms with van der Waals surface area (Å²) in [4.78, 5) is 16.3. The van der Waals surface area contributed by atoms with Crippen LogP contribution < -0.4 is 5.32 Å². The van der Waals surface area contributed by atoms with E-state index in [1.807, 2.05) is 0 Å². The lowest BCUT2D eigenvalue weighted by molar-refractivity contribution is -0.138. The summed E-state index contributed by atoms with van der Waals surface area (Å²) in [6.07, 6.45) is -0.755. The average Bonchev–Trinajstić information content (AvgIpc) is 3.16.